The zero-order valence-corrected chi connectivity index (χ0v) is 19.1. The minimum absolute atomic E-state index is 0.0439. The molecule has 0 amide bonds. The highest BCUT2D eigenvalue weighted by molar-refractivity contribution is 7.92. The molecule has 1 saturated heterocycles. The van der Waals surface area contributed by atoms with Gasteiger partial charge in [0.2, 0.25) is 0 Å². The number of aromatic nitrogens is 4. The van der Waals surface area contributed by atoms with Gasteiger partial charge in [-0.15, -0.1) is 10.2 Å². The van der Waals surface area contributed by atoms with Crippen LogP contribution in [0.1, 0.15) is 18.5 Å². The van der Waals surface area contributed by atoms with E-state index in [4.69, 9.17) is 9.15 Å². The third kappa shape index (κ3) is 4.22. The molecule has 1 aliphatic heterocycles. The molecule has 1 fully saturated rings. The molecule has 0 N–H and O–H groups in total. The standard InChI is InChI=1S/C24H21FN4O4S/c1-15-22(24-29-28-23(33-24)19-4-2-3-5-20(19)25)27-21(14-26-15)16-6-8-17(9-7-16)34(30,31)18-10-12-32-13-11-18/h2-9,14,18H,10-13H2,1H3. The van der Waals surface area contributed by atoms with E-state index in [1.807, 2.05) is 0 Å². The quantitative estimate of drug-likeness (QED) is 0.417. The lowest BCUT2D eigenvalue weighted by molar-refractivity contribution is 0.0983. The SMILES string of the molecule is Cc1ncc(-c2ccc(S(=O)(=O)C3CCOCC3)cc2)nc1-c1nnc(-c2ccccc2F)o1. The van der Waals surface area contributed by atoms with E-state index in [9.17, 15) is 12.8 Å². The average molecular weight is 481 g/mol. The summed E-state index contributed by atoms with van der Waals surface area (Å²) in [5.41, 5.74) is 2.33. The summed E-state index contributed by atoms with van der Waals surface area (Å²) in [6.07, 6.45) is 2.58. The van der Waals surface area contributed by atoms with Gasteiger partial charge >= 0.3 is 0 Å². The van der Waals surface area contributed by atoms with Crippen molar-refractivity contribution in [3.63, 3.8) is 0 Å². The maximum atomic E-state index is 14.1. The Morgan fingerprint density at radius 1 is 0.971 bits per heavy atom. The lowest BCUT2D eigenvalue weighted by Crippen LogP contribution is -2.28. The zero-order chi connectivity index (χ0) is 23.7. The van der Waals surface area contributed by atoms with Gasteiger partial charge < -0.3 is 9.15 Å². The van der Waals surface area contributed by atoms with E-state index in [1.54, 1.807) is 55.6 Å². The third-order valence-electron chi connectivity index (χ3n) is 5.77. The van der Waals surface area contributed by atoms with Crippen molar-refractivity contribution in [2.75, 3.05) is 13.2 Å². The van der Waals surface area contributed by atoms with Gasteiger partial charge in [-0.2, -0.15) is 0 Å². The molecule has 0 spiro atoms. The number of rotatable bonds is 5. The van der Waals surface area contributed by atoms with Crippen LogP contribution < -0.4 is 0 Å². The Bertz CT molecular complexity index is 1430. The van der Waals surface area contributed by atoms with E-state index in [1.165, 1.54) is 6.07 Å². The number of hydrogen-bond donors (Lipinski definition) is 0. The largest absolute Gasteiger partial charge is 0.414 e. The molecule has 0 aliphatic carbocycles. The first-order valence-corrected chi connectivity index (χ1v) is 12.3. The fraction of sp³-hybridized carbons (Fsp3) is 0.250. The normalized spacial score (nSPS) is 14.9. The van der Waals surface area contributed by atoms with Crippen molar-refractivity contribution in [2.45, 2.75) is 29.9 Å². The Balaban J connectivity index is 1.44. The molecule has 5 rings (SSSR count). The highest BCUT2D eigenvalue weighted by Gasteiger charge is 2.29. The van der Waals surface area contributed by atoms with Crippen LogP contribution in [0.15, 0.2) is 64.0 Å². The van der Waals surface area contributed by atoms with Crippen molar-refractivity contribution in [2.24, 2.45) is 0 Å². The summed E-state index contributed by atoms with van der Waals surface area (Å²) in [6.45, 7) is 2.67. The summed E-state index contributed by atoms with van der Waals surface area (Å²) in [5, 5.41) is 7.54. The van der Waals surface area contributed by atoms with Gasteiger partial charge in [-0.05, 0) is 44.0 Å². The van der Waals surface area contributed by atoms with Crippen LogP contribution in [0.3, 0.4) is 0 Å². The molecule has 1 aliphatic rings. The summed E-state index contributed by atoms with van der Waals surface area (Å²) in [7, 11) is -3.43. The van der Waals surface area contributed by atoms with Crippen LogP contribution in [0, 0.1) is 12.7 Å². The topological polar surface area (TPSA) is 108 Å². The predicted molar refractivity (Wildman–Crippen MR) is 122 cm³/mol. The first-order valence-electron chi connectivity index (χ1n) is 10.8. The number of sulfone groups is 1. The molecule has 3 heterocycles. The van der Waals surface area contributed by atoms with Crippen molar-refractivity contribution < 1.29 is 22.0 Å². The van der Waals surface area contributed by atoms with Crippen LogP contribution in [-0.4, -0.2) is 47.0 Å². The first-order chi connectivity index (χ1) is 16.4. The Morgan fingerprint density at radius 2 is 1.68 bits per heavy atom. The molecule has 0 atom stereocenters. The van der Waals surface area contributed by atoms with E-state index < -0.39 is 20.9 Å². The van der Waals surface area contributed by atoms with Gasteiger partial charge in [-0.25, -0.2) is 17.8 Å². The summed E-state index contributed by atoms with van der Waals surface area (Å²) < 4.78 is 50.9. The molecule has 0 radical (unpaired) electrons. The number of benzene rings is 2. The molecule has 10 heteroatoms. The number of ether oxygens (including phenoxy) is 1. The summed E-state index contributed by atoms with van der Waals surface area (Å²) >= 11 is 0. The molecule has 34 heavy (non-hydrogen) atoms. The van der Waals surface area contributed by atoms with Gasteiger partial charge in [-0.3, -0.25) is 4.98 Å². The smallest absolute Gasteiger partial charge is 0.268 e. The van der Waals surface area contributed by atoms with Crippen LogP contribution in [0.4, 0.5) is 4.39 Å². The van der Waals surface area contributed by atoms with Crippen molar-refractivity contribution in [1.29, 1.82) is 0 Å². The molecule has 2 aromatic heterocycles. The lowest BCUT2D eigenvalue weighted by atomic mass is 10.1. The monoisotopic (exact) mass is 480 g/mol. The van der Waals surface area contributed by atoms with Crippen molar-refractivity contribution >= 4 is 9.84 Å². The van der Waals surface area contributed by atoms with Crippen molar-refractivity contribution in [3.05, 3.63) is 66.2 Å². The van der Waals surface area contributed by atoms with E-state index >= 15 is 0 Å². The van der Waals surface area contributed by atoms with Crippen LogP contribution in [-0.2, 0) is 14.6 Å². The highest BCUT2D eigenvalue weighted by atomic mass is 32.2. The van der Waals surface area contributed by atoms with Crippen LogP contribution in [0.5, 0.6) is 0 Å². The average Bonchev–Trinajstić information content (AvgIpc) is 3.35. The number of nitrogens with zero attached hydrogens (tertiary/aromatic N) is 4. The maximum Gasteiger partial charge on any atom is 0.268 e. The van der Waals surface area contributed by atoms with Gasteiger partial charge in [-0.1, -0.05) is 24.3 Å². The molecule has 174 valence electrons. The second-order valence-corrected chi connectivity index (χ2v) is 10.2. The third-order valence-corrected chi connectivity index (χ3v) is 8.05. The van der Waals surface area contributed by atoms with Crippen LogP contribution in [0.2, 0.25) is 0 Å². The van der Waals surface area contributed by atoms with Gasteiger partial charge in [0.15, 0.2) is 9.84 Å². The fourth-order valence-electron chi connectivity index (χ4n) is 3.85. The number of aryl methyl sites for hydroxylation is 1. The zero-order valence-electron chi connectivity index (χ0n) is 18.3. The van der Waals surface area contributed by atoms with Gasteiger partial charge in [0.25, 0.3) is 11.8 Å². The van der Waals surface area contributed by atoms with E-state index in [2.05, 4.69) is 20.2 Å². The molecular formula is C24H21FN4O4S. The van der Waals surface area contributed by atoms with Crippen molar-refractivity contribution in [3.8, 4) is 34.3 Å². The molecule has 2 aromatic carbocycles. The lowest BCUT2D eigenvalue weighted by Gasteiger charge is -2.22. The molecule has 8 nitrogen and oxygen atoms in total. The van der Waals surface area contributed by atoms with E-state index in [0.29, 0.717) is 48.7 Å². The summed E-state index contributed by atoms with van der Waals surface area (Å²) in [6, 6.07) is 12.7. The first kappa shape index (κ1) is 22.3. The highest BCUT2D eigenvalue weighted by Crippen LogP contribution is 2.29. The van der Waals surface area contributed by atoms with E-state index in [0.717, 1.165) is 0 Å². The van der Waals surface area contributed by atoms with Gasteiger partial charge in [0, 0.05) is 18.8 Å². The minimum atomic E-state index is -3.43. The Morgan fingerprint density at radius 3 is 2.41 bits per heavy atom. The second-order valence-electron chi connectivity index (χ2n) is 7.96. The van der Waals surface area contributed by atoms with Crippen LogP contribution in [0.25, 0.3) is 34.3 Å². The summed E-state index contributed by atoms with van der Waals surface area (Å²) in [4.78, 5) is 9.26. The fourth-order valence-corrected chi connectivity index (χ4v) is 5.56. The van der Waals surface area contributed by atoms with Gasteiger partial charge in [0.05, 0.1) is 33.3 Å². The maximum absolute atomic E-state index is 14.1. The summed E-state index contributed by atoms with van der Waals surface area (Å²) in [5.74, 6) is -0.309. The van der Waals surface area contributed by atoms with Crippen LogP contribution >= 0.6 is 0 Å². The van der Waals surface area contributed by atoms with Gasteiger partial charge in [0.1, 0.15) is 11.5 Å². The Kier molecular flexibility index (Phi) is 5.93. The minimum Gasteiger partial charge on any atom is -0.414 e. The molecule has 0 unspecified atom stereocenters. The number of hydrogen-bond acceptors (Lipinski definition) is 8. The molecule has 0 bridgehead atoms. The number of halogens is 1. The molecule has 0 saturated carbocycles. The predicted octanol–water partition coefficient (Wildman–Crippen LogP) is 4.26. The second kappa shape index (κ2) is 9.03. The Hall–Kier alpha value is -3.50. The van der Waals surface area contributed by atoms with Crippen molar-refractivity contribution in [1.82, 2.24) is 20.2 Å². The molecule has 4 aromatic rings. The van der Waals surface area contributed by atoms with E-state index in [-0.39, 0.29) is 22.2 Å². The Labute approximate surface area is 195 Å². The molecular weight excluding hydrogens is 459 g/mol.